The first-order chi connectivity index (χ1) is 7.13. The van der Waals surface area contributed by atoms with Crippen LogP contribution in [0.15, 0.2) is 18.2 Å². The topological polar surface area (TPSA) is 19.4 Å². The first-order valence-electron chi connectivity index (χ1n) is 5.01. The number of anilines is 1. The van der Waals surface area contributed by atoms with Gasteiger partial charge >= 0.3 is 0 Å². The summed E-state index contributed by atoms with van der Waals surface area (Å²) in [6, 6.07) is 5.94. The minimum Gasteiger partial charge on any atom is -0.358 e. The minimum atomic E-state index is 0.468. The molecule has 0 amide bonds. The van der Waals surface area contributed by atoms with Crippen LogP contribution in [0, 0.1) is 0 Å². The summed E-state index contributed by atoms with van der Waals surface area (Å²) in [5, 5.41) is 0. The highest BCUT2D eigenvalue weighted by molar-refractivity contribution is 6.16. The van der Waals surface area contributed by atoms with Gasteiger partial charge in [-0.15, -0.1) is 11.6 Å². The summed E-state index contributed by atoms with van der Waals surface area (Å²) in [6.07, 6.45) is 0. The number of aromatic nitrogens is 1. The van der Waals surface area contributed by atoms with E-state index >= 15 is 0 Å². The minimum absolute atomic E-state index is 0.468. The van der Waals surface area contributed by atoms with Gasteiger partial charge in [0.25, 0.3) is 0 Å². The van der Waals surface area contributed by atoms with Crippen molar-refractivity contribution >= 4 is 17.4 Å². The van der Waals surface area contributed by atoms with Gasteiger partial charge in [0.1, 0.15) is 5.82 Å². The Morgan fingerprint density at radius 3 is 2.53 bits per heavy atom. The molecule has 0 fully saturated rings. The Hall–Kier alpha value is -0.800. The molecule has 4 heteroatoms. The molecule has 0 aliphatic carbocycles. The molecule has 0 saturated heterocycles. The number of rotatable bonds is 5. The van der Waals surface area contributed by atoms with E-state index in [0.29, 0.717) is 5.88 Å². The molecule has 0 radical (unpaired) electrons. The summed E-state index contributed by atoms with van der Waals surface area (Å²) in [5.74, 6) is 1.45. The van der Waals surface area contributed by atoms with Crippen LogP contribution in [0.25, 0.3) is 0 Å². The van der Waals surface area contributed by atoms with Gasteiger partial charge in [0, 0.05) is 20.1 Å². The number of pyridine rings is 1. The predicted octanol–water partition coefficient (Wildman–Crippen LogP) is 1.82. The van der Waals surface area contributed by atoms with E-state index in [2.05, 4.69) is 28.9 Å². The fourth-order valence-corrected chi connectivity index (χ4v) is 1.37. The van der Waals surface area contributed by atoms with Crippen molar-refractivity contribution in [3.63, 3.8) is 0 Å². The molecule has 84 valence electrons. The second-order valence-corrected chi connectivity index (χ2v) is 4.11. The zero-order valence-corrected chi connectivity index (χ0v) is 10.3. The van der Waals surface area contributed by atoms with E-state index in [1.165, 1.54) is 0 Å². The molecule has 0 aromatic carbocycles. The third-order valence-electron chi connectivity index (χ3n) is 2.20. The third kappa shape index (κ3) is 4.06. The summed E-state index contributed by atoms with van der Waals surface area (Å²) < 4.78 is 0. The lowest BCUT2D eigenvalue weighted by atomic mass is 10.3. The van der Waals surface area contributed by atoms with Gasteiger partial charge in [0.2, 0.25) is 0 Å². The van der Waals surface area contributed by atoms with Gasteiger partial charge in [0.15, 0.2) is 0 Å². The van der Waals surface area contributed by atoms with E-state index in [0.717, 1.165) is 24.6 Å². The second-order valence-electron chi connectivity index (χ2n) is 3.85. The van der Waals surface area contributed by atoms with Gasteiger partial charge in [-0.1, -0.05) is 6.07 Å². The van der Waals surface area contributed by atoms with Gasteiger partial charge in [-0.3, -0.25) is 0 Å². The quantitative estimate of drug-likeness (QED) is 0.716. The lowest BCUT2D eigenvalue weighted by molar-refractivity contribution is 0.416. The largest absolute Gasteiger partial charge is 0.358 e. The van der Waals surface area contributed by atoms with Crippen molar-refractivity contribution in [1.29, 1.82) is 0 Å². The number of hydrogen-bond donors (Lipinski definition) is 0. The SMILES string of the molecule is CN(C)CCN(C)c1cccc(CCl)n1. The van der Waals surface area contributed by atoms with E-state index in [1.54, 1.807) is 0 Å². The lowest BCUT2D eigenvalue weighted by Crippen LogP contribution is -2.29. The summed E-state index contributed by atoms with van der Waals surface area (Å²) in [4.78, 5) is 8.73. The highest BCUT2D eigenvalue weighted by atomic mass is 35.5. The van der Waals surface area contributed by atoms with E-state index in [-0.39, 0.29) is 0 Å². The predicted molar refractivity (Wildman–Crippen MR) is 65.6 cm³/mol. The standard InChI is InChI=1S/C11H18ClN3/c1-14(2)7-8-15(3)11-6-4-5-10(9-12)13-11/h4-6H,7-9H2,1-3H3. The van der Waals surface area contributed by atoms with Crippen LogP contribution in [0.3, 0.4) is 0 Å². The van der Waals surface area contributed by atoms with Gasteiger partial charge in [-0.25, -0.2) is 4.98 Å². The molecule has 0 unspecified atom stereocenters. The first-order valence-corrected chi connectivity index (χ1v) is 5.54. The Labute approximate surface area is 96.7 Å². The molecule has 0 saturated carbocycles. The molecule has 0 spiro atoms. The van der Waals surface area contributed by atoms with Crippen LogP contribution in [0.1, 0.15) is 5.69 Å². The maximum atomic E-state index is 5.74. The van der Waals surface area contributed by atoms with Crippen molar-refractivity contribution in [3.05, 3.63) is 23.9 Å². The van der Waals surface area contributed by atoms with Crippen molar-refractivity contribution < 1.29 is 0 Å². The lowest BCUT2D eigenvalue weighted by Gasteiger charge is -2.20. The third-order valence-corrected chi connectivity index (χ3v) is 2.48. The zero-order valence-electron chi connectivity index (χ0n) is 9.57. The van der Waals surface area contributed by atoms with Crippen LogP contribution in [0.4, 0.5) is 5.82 Å². The maximum Gasteiger partial charge on any atom is 0.128 e. The van der Waals surface area contributed by atoms with Crippen LogP contribution >= 0.6 is 11.6 Å². The fraction of sp³-hybridized carbons (Fsp3) is 0.545. The smallest absolute Gasteiger partial charge is 0.128 e. The van der Waals surface area contributed by atoms with Crippen LogP contribution < -0.4 is 4.90 Å². The molecule has 1 rings (SSSR count). The number of alkyl halides is 1. The molecule has 1 heterocycles. The maximum absolute atomic E-state index is 5.74. The van der Waals surface area contributed by atoms with E-state index in [1.807, 2.05) is 25.2 Å². The Kier molecular flexibility index (Phi) is 4.85. The molecule has 1 aromatic heterocycles. The highest BCUT2D eigenvalue weighted by Gasteiger charge is 2.03. The number of halogens is 1. The summed E-state index contributed by atoms with van der Waals surface area (Å²) in [6.45, 7) is 1.98. The van der Waals surface area contributed by atoms with Crippen LogP contribution in [-0.4, -0.2) is 44.1 Å². The second kappa shape index (κ2) is 5.93. The highest BCUT2D eigenvalue weighted by Crippen LogP contribution is 2.10. The zero-order chi connectivity index (χ0) is 11.3. The molecule has 0 atom stereocenters. The molecule has 3 nitrogen and oxygen atoms in total. The van der Waals surface area contributed by atoms with E-state index in [4.69, 9.17) is 11.6 Å². The summed E-state index contributed by atoms with van der Waals surface area (Å²) >= 11 is 5.74. The normalized spacial score (nSPS) is 10.7. The summed E-state index contributed by atoms with van der Waals surface area (Å²) in [5.41, 5.74) is 0.922. The van der Waals surface area contributed by atoms with Gasteiger partial charge in [0.05, 0.1) is 11.6 Å². The van der Waals surface area contributed by atoms with E-state index in [9.17, 15) is 0 Å². The molecular weight excluding hydrogens is 210 g/mol. The van der Waals surface area contributed by atoms with Gasteiger partial charge in [-0.2, -0.15) is 0 Å². The van der Waals surface area contributed by atoms with Crippen molar-refractivity contribution in [2.45, 2.75) is 5.88 Å². The molecular formula is C11H18ClN3. The number of nitrogens with zero attached hydrogens (tertiary/aromatic N) is 3. The van der Waals surface area contributed by atoms with Crippen molar-refractivity contribution in [3.8, 4) is 0 Å². The number of hydrogen-bond acceptors (Lipinski definition) is 3. The molecule has 1 aromatic rings. The summed E-state index contributed by atoms with van der Waals surface area (Å²) in [7, 11) is 6.18. The monoisotopic (exact) mass is 227 g/mol. The average molecular weight is 228 g/mol. The first kappa shape index (κ1) is 12.3. The Morgan fingerprint density at radius 1 is 1.20 bits per heavy atom. The molecule has 0 aliphatic rings. The van der Waals surface area contributed by atoms with Gasteiger partial charge in [-0.05, 0) is 26.2 Å². The molecule has 0 bridgehead atoms. The molecule has 0 N–H and O–H groups in total. The van der Waals surface area contributed by atoms with Crippen molar-refractivity contribution in [2.24, 2.45) is 0 Å². The Bertz CT molecular complexity index is 302. The van der Waals surface area contributed by atoms with Crippen LogP contribution in [0.5, 0.6) is 0 Å². The van der Waals surface area contributed by atoms with Gasteiger partial charge < -0.3 is 9.80 Å². The fourth-order valence-electron chi connectivity index (χ4n) is 1.22. The Balaban J connectivity index is 2.60. The Morgan fingerprint density at radius 2 is 1.93 bits per heavy atom. The van der Waals surface area contributed by atoms with Crippen LogP contribution in [0.2, 0.25) is 0 Å². The average Bonchev–Trinajstić information content (AvgIpc) is 2.26. The number of likely N-dealkylation sites (N-methyl/N-ethyl adjacent to an activating group) is 2. The van der Waals surface area contributed by atoms with Crippen LogP contribution in [-0.2, 0) is 5.88 Å². The van der Waals surface area contributed by atoms with E-state index < -0.39 is 0 Å². The molecule has 15 heavy (non-hydrogen) atoms. The van der Waals surface area contributed by atoms with Crippen molar-refractivity contribution in [2.75, 3.05) is 39.1 Å². The van der Waals surface area contributed by atoms with Crippen molar-refractivity contribution in [1.82, 2.24) is 9.88 Å². The molecule has 0 aliphatic heterocycles.